The number of carbonyl (C=O) groups is 1. The SMILES string of the molecule is O=C(O)Cc1ccc(-n2c(-c3ccc(Cl)cc3)nc3cccnc32)cc1. The third kappa shape index (κ3) is 3.05. The Morgan fingerprint density at radius 3 is 2.46 bits per heavy atom. The normalized spacial score (nSPS) is 11.0. The number of rotatable bonds is 4. The number of hydrogen-bond acceptors (Lipinski definition) is 3. The van der Waals surface area contributed by atoms with Crippen molar-refractivity contribution in [3.05, 3.63) is 77.4 Å². The second-order valence-electron chi connectivity index (χ2n) is 5.86. The van der Waals surface area contributed by atoms with Gasteiger partial charge >= 0.3 is 5.97 Å². The minimum Gasteiger partial charge on any atom is -0.481 e. The predicted molar refractivity (Wildman–Crippen MR) is 101 cm³/mol. The number of aliphatic carboxylic acids is 1. The van der Waals surface area contributed by atoms with Crippen LogP contribution in [0.25, 0.3) is 28.2 Å². The summed E-state index contributed by atoms with van der Waals surface area (Å²) in [5.74, 6) is -0.101. The van der Waals surface area contributed by atoms with Crippen LogP contribution >= 0.6 is 11.6 Å². The van der Waals surface area contributed by atoms with Gasteiger partial charge in [-0.2, -0.15) is 0 Å². The Balaban J connectivity index is 1.89. The van der Waals surface area contributed by atoms with Crippen LogP contribution in [0, 0.1) is 0 Å². The largest absolute Gasteiger partial charge is 0.481 e. The number of aromatic nitrogens is 3. The Morgan fingerprint density at radius 1 is 1.04 bits per heavy atom. The Bertz CT molecular complexity index is 1090. The van der Waals surface area contributed by atoms with Gasteiger partial charge in [-0.05, 0) is 54.1 Å². The Labute approximate surface area is 154 Å². The molecule has 4 rings (SSSR count). The molecule has 2 aromatic heterocycles. The lowest BCUT2D eigenvalue weighted by Gasteiger charge is -2.10. The highest BCUT2D eigenvalue weighted by atomic mass is 35.5. The summed E-state index contributed by atoms with van der Waals surface area (Å²) in [5, 5.41) is 9.60. The maximum absolute atomic E-state index is 10.9. The lowest BCUT2D eigenvalue weighted by molar-refractivity contribution is -0.136. The molecule has 0 saturated carbocycles. The lowest BCUT2D eigenvalue weighted by Crippen LogP contribution is -2.02. The Kier molecular flexibility index (Phi) is 4.14. The first-order valence-corrected chi connectivity index (χ1v) is 8.40. The van der Waals surface area contributed by atoms with Crippen LogP contribution in [0.1, 0.15) is 5.56 Å². The highest BCUT2D eigenvalue weighted by Crippen LogP contribution is 2.28. The third-order valence-electron chi connectivity index (χ3n) is 4.07. The second kappa shape index (κ2) is 6.61. The van der Waals surface area contributed by atoms with Crippen LogP contribution in [0.15, 0.2) is 66.9 Å². The summed E-state index contributed by atoms with van der Waals surface area (Å²) in [6, 6.07) is 18.6. The van der Waals surface area contributed by atoms with Crippen molar-refractivity contribution in [2.75, 3.05) is 0 Å². The number of hydrogen-bond donors (Lipinski definition) is 1. The van der Waals surface area contributed by atoms with Gasteiger partial charge in [-0.3, -0.25) is 9.36 Å². The van der Waals surface area contributed by atoms with E-state index in [9.17, 15) is 4.79 Å². The molecule has 4 aromatic rings. The molecule has 0 atom stereocenters. The van der Waals surface area contributed by atoms with Crippen LogP contribution < -0.4 is 0 Å². The summed E-state index contributed by atoms with van der Waals surface area (Å²) < 4.78 is 1.96. The molecule has 6 heteroatoms. The fourth-order valence-corrected chi connectivity index (χ4v) is 3.01. The van der Waals surface area contributed by atoms with Gasteiger partial charge in [-0.1, -0.05) is 23.7 Å². The molecule has 128 valence electrons. The van der Waals surface area contributed by atoms with Gasteiger partial charge in [0, 0.05) is 22.5 Å². The number of nitrogens with zero attached hydrogens (tertiary/aromatic N) is 3. The molecule has 1 N–H and O–H groups in total. The average molecular weight is 364 g/mol. The minimum atomic E-state index is -0.852. The molecular formula is C20H14ClN3O2. The van der Waals surface area contributed by atoms with Crippen molar-refractivity contribution in [3.63, 3.8) is 0 Å². The van der Waals surface area contributed by atoms with E-state index in [0.717, 1.165) is 33.8 Å². The second-order valence-corrected chi connectivity index (χ2v) is 6.30. The van der Waals surface area contributed by atoms with Crippen LogP contribution in [0.4, 0.5) is 0 Å². The highest BCUT2D eigenvalue weighted by Gasteiger charge is 2.15. The molecule has 0 aliphatic heterocycles. The number of halogens is 1. The zero-order chi connectivity index (χ0) is 18.1. The van der Waals surface area contributed by atoms with E-state index in [1.807, 2.05) is 65.2 Å². The smallest absolute Gasteiger partial charge is 0.307 e. The van der Waals surface area contributed by atoms with Crippen LogP contribution in [-0.2, 0) is 11.2 Å². The van der Waals surface area contributed by atoms with Crippen molar-refractivity contribution < 1.29 is 9.90 Å². The molecule has 0 unspecified atom stereocenters. The predicted octanol–water partition coefficient (Wildman–Crippen LogP) is 4.37. The summed E-state index contributed by atoms with van der Waals surface area (Å²) in [4.78, 5) is 20.1. The summed E-state index contributed by atoms with van der Waals surface area (Å²) in [6.07, 6.45) is 1.72. The van der Waals surface area contributed by atoms with Crippen molar-refractivity contribution in [3.8, 4) is 17.1 Å². The van der Waals surface area contributed by atoms with E-state index in [1.54, 1.807) is 6.20 Å². The molecular weight excluding hydrogens is 350 g/mol. The van der Waals surface area contributed by atoms with E-state index in [-0.39, 0.29) is 6.42 Å². The summed E-state index contributed by atoms with van der Waals surface area (Å²) >= 11 is 6.01. The Morgan fingerprint density at radius 2 is 1.77 bits per heavy atom. The monoisotopic (exact) mass is 363 g/mol. The molecule has 2 heterocycles. The van der Waals surface area contributed by atoms with E-state index in [1.165, 1.54) is 0 Å². The van der Waals surface area contributed by atoms with Crippen LogP contribution in [0.2, 0.25) is 5.02 Å². The summed E-state index contributed by atoms with van der Waals surface area (Å²) in [5.41, 5.74) is 4.05. The quantitative estimate of drug-likeness (QED) is 0.584. The molecule has 0 amide bonds. The van der Waals surface area contributed by atoms with E-state index < -0.39 is 5.97 Å². The van der Waals surface area contributed by atoms with Gasteiger partial charge in [0.1, 0.15) is 11.3 Å². The van der Waals surface area contributed by atoms with Gasteiger partial charge in [0.15, 0.2) is 5.65 Å². The maximum Gasteiger partial charge on any atom is 0.307 e. The van der Waals surface area contributed by atoms with Gasteiger partial charge in [-0.25, -0.2) is 9.97 Å². The molecule has 0 bridgehead atoms. The third-order valence-corrected chi connectivity index (χ3v) is 4.32. The van der Waals surface area contributed by atoms with Gasteiger partial charge in [0.05, 0.1) is 6.42 Å². The number of carboxylic acid groups (broad SMARTS) is 1. The van der Waals surface area contributed by atoms with Crippen LogP contribution in [0.5, 0.6) is 0 Å². The summed E-state index contributed by atoms with van der Waals surface area (Å²) in [6.45, 7) is 0. The first kappa shape index (κ1) is 16.3. The molecule has 5 nitrogen and oxygen atoms in total. The van der Waals surface area contributed by atoms with Crippen molar-refractivity contribution >= 4 is 28.7 Å². The van der Waals surface area contributed by atoms with E-state index in [2.05, 4.69) is 4.98 Å². The number of imidazole rings is 1. The fourth-order valence-electron chi connectivity index (χ4n) is 2.89. The molecule has 0 aliphatic carbocycles. The molecule has 0 spiro atoms. The molecule has 26 heavy (non-hydrogen) atoms. The molecule has 0 radical (unpaired) electrons. The summed E-state index contributed by atoms with van der Waals surface area (Å²) in [7, 11) is 0. The van der Waals surface area contributed by atoms with Crippen molar-refractivity contribution in [1.29, 1.82) is 0 Å². The number of pyridine rings is 1. The van der Waals surface area contributed by atoms with Gasteiger partial charge < -0.3 is 5.11 Å². The highest BCUT2D eigenvalue weighted by molar-refractivity contribution is 6.30. The zero-order valence-electron chi connectivity index (χ0n) is 13.6. The van der Waals surface area contributed by atoms with Gasteiger partial charge in [0.25, 0.3) is 0 Å². The maximum atomic E-state index is 10.9. The van der Waals surface area contributed by atoms with Gasteiger partial charge in [-0.15, -0.1) is 0 Å². The number of benzene rings is 2. The van der Waals surface area contributed by atoms with Crippen molar-refractivity contribution in [2.24, 2.45) is 0 Å². The van der Waals surface area contributed by atoms with Gasteiger partial charge in [0.2, 0.25) is 0 Å². The van der Waals surface area contributed by atoms with Crippen LogP contribution in [-0.4, -0.2) is 25.6 Å². The van der Waals surface area contributed by atoms with E-state index >= 15 is 0 Å². The topological polar surface area (TPSA) is 68.0 Å². The molecule has 0 saturated heterocycles. The molecule has 2 aromatic carbocycles. The Hall–Kier alpha value is -3.18. The van der Waals surface area contributed by atoms with Crippen LogP contribution in [0.3, 0.4) is 0 Å². The standard InChI is InChI=1S/C20H14ClN3O2/c21-15-7-5-14(6-8-15)19-23-17-2-1-11-22-20(17)24(19)16-9-3-13(4-10-16)12-18(25)26/h1-11H,12H2,(H,25,26). The lowest BCUT2D eigenvalue weighted by atomic mass is 10.1. The molecule has 0 aliphatic rings. The fraction of sp³-hybridized carbons (Fsp3) is 0.0500. The first-order chi connectivity index (χ1) is 12.6. The van der Waals surface area contributed by atoms with Crippen molar-refractivity contribution in [2.45, 2.75) is 6.42 Å². The number of fused-ring (bicyclic) bond motifs is 1. The number of carboxylic acids is 1. The molecule has 0 fully saturated rings. The minimum absolute atomic E-state index is 0.00670. The zero-order valence-corrected chi connectivity index (χ0v) is 14.4. The average Bonchev–Trinajstić information content (AvgIpc) is 3.02. The van der Waals surface area contributed by atoms with E-state index in [0.29, 0.717) is 5.02 Å². The first-order valence-electron chi connectivity index (χ1n) is 8.02. The van der Waals surface area contributed by atoms with E-state index in [4.69, 9.17) is 21.7 Å². The van der Waals surface area contributed by atoms with Crippen molar-refractivity contribution in [1.82, 2.24) is 14.5 Å².